The number of nitro benzene ring substituents is 1. The van der Waals surface area contributed by atoms with Gasteiger partial charge in [-0.25, -0.2) is 0 Å². The average Bonchev–Trinajstić information content (AvgIpc) is 3.06. The van der Waals surface area contributed by atoms with Crippen LogP contribution in [0.5, 0.6) is 0 Å². The lowest BCUT2D eigenvalue weighted by molar-refractivity contribution is -0.384. The van der Waals surface area contributed by atoms with Crippen molar-refractivity contribution in [3.63, 3.8) is 0 Å². The standard InChI is InChI=1S/C25H20N2O5/c1-15-8-9-16(2)20(14-15)26-22(17-6-4-3-5-7-17)21(24(29)25(26)30)23(28)18-10-12-19(13-11-18)27(31)32/h3-14,22,28H,1-2H3/b23-21-. The van der Waals surface area contributed by atoms with E-state index in [4.69, 9.17) is 0 Å². The topological polar surface area (TPSA) is 101 Å². The average molecular weight is 428 g/mol. The summed E-state index contributed by atoms with van der Waals surface area (Å²) in [5.74, 6) is -1.92. The van der Waals surface area contributed by atoms with Crippen LogP contribution < -0.4 is 4.90 Å². The quantitative estimate of drug-likeness (QED) is 0.211. The van der Waals surface area contributed by atoms with E-state index in [1.54, 1.807) is 24.3 Å². The van der Waals surface area contributed by atoms with E-state index in [0.29, 0.717) is 11.3 Å². The molecule has 0 aliphatic carbocycles. The van der Waals surface area contributed by atoms with Gasteiger partial charge in [0, 0.05) is 23.4 Å². The van der Waals surface area contributed by atoms with E-state index in [-0.39, 0.29) is 22.6 Å². The number of nitrogens with zero attached hydrogens (tertiary/aromatic N) is 2. The Labute approximate surface area is 184 Å². The first-order valence-corrected chi connectivity index (χ1v) is 9.97. The molecule has 0 aromatic heterocycles. The number of hydrogen-bond acceptors (Lipinski definition) is 5. The number of aryl methyl sites for hydroxylation is 2. The molecule has 0 radical (unpaired) electrons. The van der Waals surface area contributed by atoms with Crippen molar-refractivity contribution in [3.05, 3.63) is 111 Å². The van der Waals surface area contributed by atoms with Crippen molar-refractivity contribution in [2.24, 2.45) is 0 Å². The van der Waals surface area contributed by atoms with Crippen LogP contribution in [0, 0.1) is 24.0 Å². The summed E-state index contributed by atoms with van der Waals surface area (Å²) in [5.41, 5.74) is 3.01. The number of amides is 1. The minimum Gasteiger partial charge on any atom is -0.507 e. The normalized spacial score (nSPS) is 17.6. The number of aliphatic hydroxyl groups is 1. The molecule has 3 aromatic carbocycles. The fourth-order valence-electron chi connectivity index (χ4n) is 3.91. The molecule has 4 rings (SSSR count). The van der Waals surface area contributed by atoms with Crippen LogP contribution in [-0.2, 0) is 9.59 Å². The van der Waals surface area contributed by atoms with Crippen LogP contribution in [0.15, 0.2) is 78.4 Å². The van der Waals surface area contributed by atoms with Gasteiger partial charge < -0.3 is 5.11 Å². The smallest absolute Gasteiger partial charge is 0.300 e. The number of ketones is 1. The molecule has 7 nitrogen and oxygen atoms in total. The van der Waals surface area contributed by atoms with Gasteiger partial charge in [0.1, 0.15) is 5.76 Å². The molecule has 1 unspecified atom stereocenters. The summed E-state index contributed by atoms with van der Waals surface area (Å²) >= 11 is 0. The monoisotopic (exact) mass is 428 g/mol. The van der Waals surface area contributed by atoms with Crippen molar-refractivity contribution < 1.29 is 19.6 Å². The van der Waals surface area contributed by atoms with Crippen LogP contribution in [0.3, 0.4) is 0 Å². The summed E-state index contributed by atoms with van der Waals surface area (Å²) in [7, 11) is 0. The number of rotatable bonds is 4. The van der Waals surface area contributed by atoms with Gasteiger partial charge in [-0.1, -0.05) is 42.5 Å². The van der Waals surface area contributed by atoms with Gasteiger partial charge >= 0.3 is 0 Å². The van der Waals surface area contributed by atoms with Crippen molar-refractivity contribution >= 4 is 28.8 Å². The van der Waals surface area contributed by atoms with Gasteiger partial charge in [-0.05, 0) is 48.7 Å². The molecule has 3 aromatic rings. The Morgan fingerprint density at radius 2 is 1.62 bits per heavy atom. The van der Waals surface area contributed by atoms with Gasteiger partial charge in [-0.3, -0.25) is 24.6 Å². The molecule has 1 heterocycles. The van der Waals surface area contributed by atoms with Crippen LogP contribution in [0.25, 0.3) is 5.76 Å². The SMILES string of the molecule is Cc1ccc(C)c(N2C(=O)C(=O)/C(=C(\O)c3ccc([N+](=O)[O-])cc3)C2c2ccccc2)c1. The summed E-state index contributed by atoms with van der Waals surface area (Å²) in [6.07, 6.45) is 0. The van der Waals surface area contributed by atoms with Crippen LogP contribution in [0.1, 0.15) is 28.3 Å². The zero-order valence-electron chi connectivity index (χ0n) is 17.5. The lowest BCUT2D eigenvalue weighted by Gasteiger charge is -2.27. The highest BCUT2D eigenvalue weighted by Gasteiger charge is 2.47. The predicted octanol–water partition coefficient (Wildman–Crippen LogP) is 4.84. The van der Waals surface area contributed by atoms with Gasteiger partial charge in [0.25, 0.3) is 17.4 Å². The highest BCUT2D eigenvalue weighted by molar-refractivity contribution is 6.51. The Morgan fingerprint density at radius 1 is 0.969 bits per heavy atom. The largest absolute Gasteiger partial charge is 0.507 e. The molecule has 1 aliphatic rings. The fraction of sp³-hybridized carbons (Fsp3) is 0.120. The predicted molar refractivity (Wildman–Crippen MR) is 120 cm³/mol. The first-order valence-electron chi connectivity index (χ1n) is 9.97. The zero-order valence-corrected chi connectivity index (χ0v) is 17.5. The molecule has 1 saturated heterocycles. The van der Waals surface area contributed by atoms with Crippen LogP contribution in [-0.4, -0.2) is 21.7 Å². The van der Waals surface area contributed by atoms with Crippen molar-refractivity contribution in [3.8, 4) is 0 Å². The molecule has 7 heteroatoms. The van der Waals surface area contributed by atoms with E-state index < -0.39 is 22.7 Å². The Hall–Kier alpha value is -4.26. The molecule has 1 aliphatic heterocycles. The van der Waals surface area contributed by atoms with Gasteiger partial charge in [-0.15, -0.1) is 0 Å². The van der Waals surface area contributed by atoms with E-state index in [1.807, 2.05) is 38.1 Å². The molecule has 1 N–H and O–H groups in total. The first kappa shape index (κ1) is 21.0. The van der Waals surface area contributed by atoms with Crippen molar-refractivity contribution in [2.45, 2.75) is 19.9 Å². The summed E-state index contributed by atoms with van der Waals surface area (Å²) in [5, 5.41) is 22.0. The van der Waals surface area contributed by atoms with Crippen LogP contribution in [0.4, 0.5) is 11.4 Å². The molecule has 0 spiro atoms. The van der Waals surface area contributed by atoms with E-state index in [9.17, 15) is 24.8 Å². The Kier molecular flexibility index (Phi) is 5.32. The number of hydrogen-bond donors (Lipinski definition) is 1. The Balaban J connectivity index is 1.94. The van der Waals surface area contributed by atoms with Gasteiger partial charge in [0.2, 0.25) is 0 Å². The third-order valence-corrected chi connectivity index (χ3v) is 5.54. The van der Waals surface area contributed by atoms with Crippen molar-refractivity contribution in [1.82, 2.24) is 0 Å². The number of aliphatic hydroxyl groups excluding tert-OH is 1. The molecule has 1 atom stereocenters. The minimum atomic E-state index is -0.841. The maximum Gasteiger partial charge on any atom is 0.300 e. The summed E-state index contributed by atoms with van der Waals surface area (Å²) in [6.45, 7) is 3.75. The molecule has 0 saturated carbocycles. The lowest BCUT2D eigenvalue weighted by atomic mass is 9.95. The molecular formula is C25H20N2O5. The van der Waals surface area contributed by atoms with Crippen LogP contribution >= 0.6 is 0 Å². The van der Waals surface area contributed by atoms with Crippen molar-refractivity contribution in [1.29, 1.82) is 0 Å². The zero-order chi connectivity index (χ0) is 23.0. The van der Waals surface area contributed by atoms with Crippen LogP contribution in [0.2, 0.25) is 0 Å². The number of benzene rings is 3. The maximum atomic E-state index is 13.2. The molecule has 0 bridgehead atoms. The highest BCUT2D eigenvalue weighted by Crippen LogP contribution is 2.43. The number of carbonyl (C=O) groups is 2. The lowest BCUT2D eigenvalue weighted by Crippen LogP contribution is -2.30. The summed E-state index contributed by atoms with van der Waals surface area (Å²) < 4.78 is 0. The summed E-state index contributed by atoms with van der Waals surface area (Å²) in [4.78, 5) is 38.1. The van der Waals surface area contributed by atoms with Crippen molar-refractivity contribution in [2.75, 3.05) is 4.90 Å². The van der Waals surface area contributed by atoms with E-state index in [0.717, 1.165) is 11.1 Å². The molecule has 160 valence electrons. The summed E-state index contributed by atoms with van der Waals surface area (Å²) in [6, 6.07) is 19.0. The maximum absolute atomic E-state index is 13.2. The Morgan fingerprint density at radius 3 is 2.25 bits per heavy atom. The number of Topliss-reactive ketones (excluding diaryl/α,β-unsaturated/α-hetero) is 1. The first-order chi connectivity index (χ1) is 15.3. The van der Waals surface area contributed by atoms with E-state index >= 15 is 0 Å². The molecule has 1 amide bonds. The number of nitro groups is 1. The second-order valence-electron chi connectivity index (χ2n) is 7.67. The van der Waals surface area contributed by atoms with Gasteiger partial charge in [0.05, 0.1) is 16.5 Å². The van der Waals surface area contributed by atoms with Gasteiger partial charge in [-0.2, -0.15) is 0 Å². The van der Waals surface area contributed by atoms with E-state index in [2.05, 4.69) is 0 Å². The molecule has 32 heavy (non-hydrogen) atoms. The van der Waals surface area contributed by atoms with Gasteiger partial charge in [0.15, 0.2) is 0 Å². The highest BCUT2D eigenvalue weighted by atomic mass is 16.6. The number of carbonyl (C=O) groups excluding carboxylic acids is 2. The molecular weight excluding hydrogens is 408 g/mol. The third-order valence-electron chi connectivity index (χ3n) is 5.54. The Bertz CT molecular complexity index is 1260. The second kappa shape index (κ2) is 8.11. The minimum absolute atomic E-state index is 0.0593. The molecule has 1 fully saturated rings. The fourth-order valence-corrected chi connectivity index (χ4v) is 3.91. The van der Waals surface area contributed by atoms with E-state index in [1.165, 1.54) is 29.2 Å². The number of anilines is 1. The third kappa shape index (κ3) is 3.54. The second-order valence-corrected chi connectivity index (χ2v) is 7.67. The number of non-ortho nitro benzene ring substituents is 1.